The van der Waals surface area contributed by atoms with E-state index in [2.05, 4.69) is 28.1 Å². The van der Waals surface area contributed by atoms with Crippen molar-refractivity contribution in [2.45, 2.75) is 13.0 Å². The van der Waals surface area contributed by atoms with Gasteiger partial charge < -0.3 is 20.7 Å². The molecule has 2 aromatic rings. The van der Waals surface area contributed by atoms with Crippen molar-refractivity contribution in [2.75, 3.05) is 50.1 Å². The van der Waals surface area contributed by atoms with Gasteiger partial charge in [-0.3, -0.25) is 9.69 Å². The minimum absolute atomic E-state index is 0.353. The Morgan fingerprint density at radius 3 is 2.48 bits per heavy atom. The topological polar surface area (TPSA) is 70.8 Å². The van der Waals surface area contributed by atoms with Gasteiger partial charge >= 0.3 is 0 Å². The molecule has 1 amide bonds. The van der Waals surface area contributed by atoms with E-state index in [1.807, 2.05) is 36.4 Å². The average molecular weight is 368 g/mol. The Kier molecular flexibility index (Phi) is 6.19. The Morgan fingerprint density at radius 2 is 1.78 bits per heavy atom. The Hall–Kier alpha value is -2.73. The molecule has 0 aliphatic carbocycles. The molecule has 2 aromatic carbocycles. The number of carbonyl (C=O) groups excluding carboxylic acids is 1. The number of piperazine rings is 1. The third kappa shape index (κ3) is 4.52. The molecule has 27 heavy (non-hydrogen) atoms. The molecule has 3 rings (SSSR count). The first-order valence-electron chi connectivity index (χ1n) is 9.35. The first-order valence-corrected chi connectivity index (χ1v) is 9.35. The van der Waals surface area contributed by atoms with Crippen LogP contribution in [0.1, 0.15) is 17.3 Å². The van der Waals surface area contributed by atoms with Crippen molar-refractivity contribution >= 4 is 17.3 Å². The molecule has 1 fully saturated rings. The highest BCUT2D eigenvalue weighted by atomic mass is 16.5. The summed E-state index contributed by atoms with van der Waals surface area (Å²) in [7, 11) is 1.72. The van der Waals surface area contributed by atoms with Crippen LogP contribution in [-0.4, -0.2) is 56.7 Å². The molecule has 0 bridgehead atoms. The monoisotopic (exact) mass is 368 g/mol. The number of hydrogen-bond acceptors (Lipinski definition) is 5. The normalized spacial score (nSPS) is 16.0. The van der Waals surface area contributed by atoms with Crippen molar-refractivity contribution in [2.24, 2.45) is 5.73 Å². The summed E-state index contributed by atoms with van der Waals surface area (Å²) < 4.78 is 5.49. The smallest absolute Gasteiger partial charge is 0.250 e. The van der Waals surface area contributed by atoms with Crippen LogP contribution in [0.2, 0.25) is 0 Å². The van der Waals surface area contributed by atoms with Crippen molar-refractivity contribution in [3.05, 3.63) is 54.1 Å². The fourth-order valence-corrected chi connectivity index (χ4v) is 3.53. The lowest BCUT2D eigenvalue weighted by Crippen LogP contribution is -2.51. The zero-order chi connectivity index (χ0) is 19.2. The molecule has 1 heterocycles. The van der Waals surface area contributed by atoms with Gasteiger partial charge in [0.25, 0.3) is 5.91 Å². The van der Waals surface area contributed by atoms with Gasteiger partial charge in [-0.2, -0.15) is 0 Å². The van der Waals surface area contributed by atoms with Crippen LogP contribution in [-0.2, 0) is 0 Å². The zero-order valence-electron chi connectivity index (χ0n) is 16.0. The predicted molar refractivity (Wildman–Crippen MR) is 110 cm³/mol. The van der Waals surface area contributed by atoms with Crippen molar-refractivity contribution < 1.29 is 9.53 Å². The number of anilines is 2. The Balaban J connectivity index is 1.55. The van der Waals surface area contributed by atoms with Crippen molar-refractivity contribution in [3.8, 4) is 5.75 Å². The van der Waals surface area contributed by atoms with E-state index in [1.165, 1.54) is 0 Å². The van der Waals surface area contributed by atoms with Gasteiger partial charge in [0.1, 0.15) is 5.75 Å². The minimum Gasteiger partial charge on any atom is -0.495 e. The molecule has 0 saturated carbocycles. The fourth-order valence-electron chi connectivity index (χ4n) is 3.53. The van der Waals surface area contributed by atoms with Gasteiger partial charge in [-0.25, -0.2) is 0 Å². The summed E-state index contributed by atoms with van der Waals surface area (Å²) in [6.07, 6.45) is 0. The Bertz CT molecular complexity index is 772. The molecular weight excluding hydrogens is 340 g/mol. The molecular formula is C21H28N4O2. The van der Waals surface area contributed by atoms with Crippen molar-refractivity contribution in [1.82, 2.24) is 4.90 Å². The number of rotatable bonds is 7. The number of ether oxygens (including phenoxy) is 1. The lowest BCUT2D eigenvalue weighted by Gasteiger charge is -2.39. The molecule has 1 aliphatic heterocycles. The van der Waals surface area contributed by atoms with E-state index in [1.54, 1.807) is 13.2 Å². The maximum atomic E-state index is 11.5. The van der Waals surface area contributed by atoms with Gasteiger partial charge in [0.2, 0.25) is 0 Å². The van der Waals surface area contributed by atoms with Crippen LogP contribution in [0.25, 0.3) is 0 Å². The third-order valence-electron chi connectivity index (χ3n) is 5.14. The maximum Gasteiger partial charge on any atom is 0.250 e. The van der Waals surface area contributed by atoms with E-state index in [9.17, 15) is 4.79 Å². The standard InChI is InChI=1S/C21H28N4O2/c1-16(15-23-18-8-4-3-7-17(18)21(22)26)24-11-13-25(14-12-24)19-9-5-6-10-20(19)27-2/h3-10,16,23H,11-15H2,1-2H3,(H2,22,26). The van der Waals surface area contributed by atoms with Crippen LogP contribution in [0.3, 0.4) is 0 Å². The lowest BCUT2D eigenvalue weighted by atomic mass is 10.1. The highest BCUT2D eigenvalue weighted by Gasteiger charge is 2.23. The first kappa shape index (κ1) is 19.0. The molecule has 3 N–H and O–H groups in total. The molecule has 1 unspecified atom stereocenters. The zero-order valence-corrected chi connectivity index (χ0v) is 16.0. The lowest BCUT2D eigenvalue weighted by molar-refractivity contribution is 0.100. The van der Waals surface area contributed by atoms with E-state index in [-0.39, 0.29) is 0 Å². The number of benzene rings is 2. The van der Waals surface area contributed by atoms with Crippen LogP contribution in [0, 0.1) is 0 Å². The van der Waals surface area contributed by atoms with Gasteiger partial charge in [0.15, 0.2) is 0 Å². The number of methoxy groups -OCH3 is 1. The van der Waals surface area contributed by atoms with Gasteiger partial charge in [0, 0.05) is 44.5 Å². The van der Waals surface area contributed by atoms with E-state index in [4.69, 9.17) is 10.5 Å². The summed E-state index contributed by atoms with van der Waals surface area (Å²) in [6.45, 7) is 6.86. The summed E-state index contributed by atoms with van der Waals surface area (Å²) in [5.74, 6) is 0.514. The second kappa shape index (κ2) is 8.77. The predicted octanol–water partition coefficient (Wildman–Crippen LogP) is 2.42. The highest BCUT2D eigenvalue weighted by Crippen LogP contribution is 2.28. The van der Waals surface area contributed by atoms with Crippen LogP contribution < -0.4 is 20.7 Å². The van der Waals surface area contributed by atoms with Gasteiger partial charge in [-0.1, -0.05) is 24.3 Å². The number of nitrogens with zero attached hydrogens (tertiary/aromatic N) is 2. The van der Waals surface area contributed by atoms with Crippen LogP contribution in [0.5, 0.6) is 5.75 Å². The number of amides is 1. The van der Waals surface area contributed by atoms with E-state index in [0.717, 1.165) is 49.8 Å². The molecule has 1 atom stereocenters. The number of para-hydroxylation sites is 3. The number of carbonyl (C=O) groups is 1. The largest absolute Gasteiger partial charge is 0.495 e. The molecule has 6 nitrogen and oxygen atoms in total. The minimum atomic E-state index is -0.406. The van der Waals surface area contributed by atoms with Gasteiger partial charge in [-0.15, -0.1) is 0 Å². The maximum absolute atomic E-state index is 11.5. The molecule has 144 valence electrons. The molecule has 1 aliphatic rings. The van der Waals surface area contributed by atoms with E-state index in [0.29, 0.717) is 11.6 Å². The average Bonchev–Trinajstić information content (AvgIpc) is 2.72. The number of hydrogen-bond donors (Lipinski definition) is 2. The van der Waals surface area contributed by atoms with E-state index >= 15 is 0 Å². The molecule has 6 heteroatoms. The van der Waals surface area contributed by atoms with Crippen molar-refractivity contribution in [1.29, 1.82) is 0 Å². The van der Waals surface area contributed by atoms with Gasteiger partial charge in [0.05, 0.1) is 18.4 Å². The highest BCUT2D eigenvalue weighted by molar-refractivity contribution is 5.98. The number of nitrogens with two attached hydrogens (primary N) is 1. The molecule has 0 aromatic heterocycles. The summed E-state index contributed by atoms with van der Waals surface area (Å²) in [5.41, 5.74) is 7.94. The summed E-state index contributed by atoms with van der Waals surface area (Å²) >= 11 is 0. The van der Waals surface area contributed by atoms with Crippen molar-refractivity contribution in [3.63, 3.8) is 0 Å². The summed E-state index contributed by atoms with van der Waals surface area (Å²) in [6, 6.07) is 15.9. The molecule has 1 saturated heterocycles. The second-order valence-electron chi connectivity index (χ2n) is 6.83. The number of nitrogens with one attached hydrogen (secondary N) is 1. The van der Waals surface area contributed by atoms with E-state index < -0.39 is 5.91 Å². The third-order valence-corrected chi connectivity index (χ3v) is 5.14. The SMILES string of the molecule is COc1ccccc1N1CCN(C(C)CNc2ccccc2C(N)=O)CC1. The first-order chi connectivity index (χ1) is 13.1. The quantitative estimate of drug-likeness (QED) is 0.785. The Labute approximate surface area is 160 Å². The van der Waals surface area contributed by atoms with Gasteiger partial charge in [-0.05, 0) is 31.2 Å². The second-order valence-corrected chi connectivity index (χ2v) is 6.83. The molecule has 0 radical (unpaired) electrons. The fraction of sp³-hybridized carbons (Fsp3) is 0.381. The summed E-state index contributed by atoms with van der Waals surface area (Å²) in [5, 5.41) is 3.38. The number of primary amides is 1. The van der Waals surface area contributed by atoms with Crippen LogP contribution >= 0.6 is 0 Å². The van der Waals surface area contributed by atoms with Crippen LogP contribution in [0.4, 0.5) is 11.4 Å². The summed E-state index contributed by atoms with van der Waals surface area (Å²) in [4.78, 5) is 16.4. The Morgan fingerprint density at radius 1 is 1.11 bits per heavy atom. The molecule has 0 spiro atoms. The van der Waals surface area contributed by atoms with Crippen LogP contribution in [0.15, 0.2) is 48.5 Å².